The molecule has 0 saturated heterocycles. The summed E-state index contributed by atoms with van der Waals surface area (Å²) in [7, 11) is 1.56. The van der Waals surface area contributed by atoms with Crippen molar-refractivity contribution in [2.24, 2.45) is 0 Å². The van der Waals surface area contributed by atoms with E-state index in [1.807, 2.05) is 6.92 Å². The van der Waals surface area contributed by atoms with Crippen molar-refractivity contribution in [3.05, 3.63) is 89.2 Å². The van der Waals surface area contributed by atoms with Crippen molar-refractivity contribution in [3.63, 3.8) is 0 Å². The Labute approximate surface area is 179 Å². The number of esters is 1. The average Bonchev–Trinajstić information content (AvgIpc) is 3.09. The minimum Gasteiger partial charge on any atom is -0.497 e. The molecule has 0 unspecified atom stereocenters. The van der Waals surface area contributed by atoms with E-state index in [0.717, 1.165) is 0 Å². The highest BCUT2D eigenvalue weighted by molar-refractivity contribution is 6.14. The molecule has 0 fully saturated rings. The molecule has 0 amide bonds. The molecule has 0 aromatic heterocycles. The third-order valence-electron chi connectivity index (χ3n) is 4.64. The van der Waals surface area contributed by atoms with Crippen LogP contribution in [0.4, 0.5) is 0 Å². The van der Waals surface area contributed by atoms with Crippen molar-refractivity contribution in [3.8, 4) is 23.0 Å². The van der Waals surface area contributed by atoms with E-state index in [4.69, 9.17) is 18.9 Å². The molecule has 0 atom stereocenters. The zero-order valence-electron chi connectivity index (χ0n) is 17.1. The number of hydrogen-bond donors (Lipinski definition) is 0. The molecule has 3 aromatic carbocycles. The first kappa shape index (κ1) is 20.2. The van der Waals surface area contributed by atoms with Crippen molar-refractivity contribution in [2.75, 3.05) is 13.7 Å². The first-order valence-electron chi connectivity index (χ1n) is 9.75. The average molecular weight is 416 g/mol. The van der Waals surface area contributed by atoms with Gasteiger partial charge in [-0.1, -0.05) is 12.1 Å². The van der Waals surface area contributed by atoms with Crippen LogP contribution in [0.25, 0.3) is 6.08 Å². The van der Waals surface area contributed by atoms with Crippen LogP contribution in [-0.4, -0.2) is 25.5 Å². The zero-order valence-corrected chi connectivity index (χ0v) is 17.1. The van der Waals surface area contributed by atoms with Crippen LogP contribution in [0, 0.1) is 0 Å². The van der Waals surface area contributed by atoms with Gasteiger partial charge in [0.15, 0.2) is 5.76 Å². The summed E-state index contributed by atoms with van der Waals surface area (Å²) in [5.41, 5.74) is 1.55. The Balaban J connectivity index is 1.51. The van der Waals surface area contributed by atoms with Gasteiger partial charge in [0.1, 0.15) is 23.0 Å². The van der Waals surface area contributed by atoms with Crippen LogP contribution < -0.4 is 18.9 Å². The lowest BCUT2D eigenvalue weighted by atomic mass is 10.1. The minimum absolute atomic E-state index is 0.197. The van der Waals surface area contributed by atoms with E-state index in [2.05, 4.69) is 0 Å². The molecular formula is C25H20O6. The zero-order chi connectivity index (χ0) is 21.8. The molecule has 31 heavy (non-hydrogen) atoms. The highest BCUT2D eigenvalue weighted by Crippen LogP contribution is 2.35. The number of ether oxygens (including phenoxy) is 4. The van der Waals surface area contributed by atoms with E-state index in [9.17, 15) is 9.59 Å². The normalized spacial score (nSPS) is 13.5. The fourth-order valence-electron chi connectivity index (χ4n) is 3.14. The third-order valence-corrected chi connectivity index (χ3v) is 4.64. The molecule has 0 N–H and O–H groups in total. The predicted octanol–water partition coefficient (Wildman–Crippen LogP) is 4.93. The van der Waals surface area contributed by atoms with E-state index in [1.165, 1.54) is 0 Å². The van der Waals surface area contributed by atoms with Gasteiger partial charge >= 0.3 is 5.97 Å². The van der Waals surface area contributed by atoms with Gasteiger partial charge in [0.2, 0.25) is 5.78 Å². The van der Waals surface area contributed by atoms with Crippen LogP contribution in [0.3, 0.4) is 0 Å². The molecular weight excluding hydrogens is 396 g/mol. The van der Waals surface area contributed by atoms with Gasteiger partial charge in [0, 0.05) is 6.07 Å². The summed E-state index contributed by atoms with van der Waals surface area (Å²) in [6.45, 7) is 2.41. The quantitative estimate of drug-likeness (QED) is 0.322. The minimum atomic E-state index is -0.489. The lowest BCUT2D eigenvalue weighted by molar-refractivity contribution is 0.0734. The smallest absolute Gasteiger partial charge is 0.343 e. The topological polar surface area (TPSA) is 71.1 Å². The Morgan fingerprint density at radius 1 is 0.968 bits per heavy atom. The van der Waals surface area contributed by atoms with Gasteiger partial charge in [-0.3, -0.25) is 4.79 Å². The number of ketones is 1. The molecule has 6 nitrogen and oxygen atoms in total. The summed E-state index contributed by atoms with van der Waals surface area (Å²) in [6, 6.07) is 18.6. The Morgan fingerprint density at radius 3 is 2.48 bits per heavy atom. The first-order valence-corrected chi connectivity index (χ1v) is 9.75. The van der Waals surface area contributed by atoms with Crippen LogP contribution in [-0.2, 0) is 0 Å². The molecule has 4 rings (SSSR count). The van der Waals surface area contributed by atoms with Crippen LogP contribution in [0.5, 0.6) is 23.0 Å². The van der Waals surface area contributed by atoms with Gasteiger partial charge in [0.05, 0.1) is 24.8 Å². The number of carbonyl (C=O) groups is 2. The van der Waals surface area contributed by atoms with Crippen molar-refractivity contribution < 1.29 is 28.5 Å². The van der Waals surface area contributed by atoms with Gasteiger partial charge < -0.3 is 18.9 Å². The van der Waals surface area contributed by atoms with Gasteiger partial charge in [-0.25, -0.2) is 4.79 Å². The summed E-state index contributed by atoms with van der Waals surface area (Å²) in [4.78, 5) is 25.0. The van der Waals surface area contributed by atoms with Crippen molar-refractivity contribution in [1.29, 1.82) is 0 Å². The summed E-state index contributed by atoms with van der Waals surface area (Å²) >= 11 is 0. The molecule has 0 spiro atoms. The maximum atomic E-state index is 12.6. The number of allylic oxidation sites excluding steroid dienone is 1. The Morgan fingerprint density at radius 2 is 1.74 bits per heavy atom. The van der Waals surface area contributed by atoms with Crippen LogP contribution >= 0.6 is 0 Å². The summed E-state index contributed by atoms with van der Waals surface area (Å²) in [5.74, 6) is 1.61. The molecule has 3 aromatic rings. The Hall–Kier alpha value is -4.06. The van der Waals surface area contributed by atoms with Crippen LogP contribution in [0.2, 0.25) is 0 Å². The Bertz CT molecular complexity index is 1160. The highest BCUT2D eigenvalue weighted by atomic mass is 16.5. The van der Waals surface area contributed by atoms with E-state index in [0.29, 0.717) is 46.3 Å². The van der Waals surface area contributed by atoms with Crippen LogP contribution in [0.1, 0.15) is 33.2 Å². The lowest BCUT2D eigenvalue weighted by Crippen LogP contribution is -2.08. The van der Waals surface area contributed by atoms with Crippen molar-refractivity contribution >= 4 is 17.8 Å². The summed E-state index contributed by atoms with van der Waals surface area (Å²) in [5, 5.41) is 0. The van der Waals surface area contributed by atoms with Gasteiger partial charge in [-0.05, 0) is 67.1 Å². The third kappa shape index (κ3) is 4.43. The van der Waals surface area contributed by atoms with E-state index >= 15 is 0 Å². The number of hydrogen-bond acceptors (Lipinski definition) is 6. The number of methoxy groups -OCH3 is 1. The molecule has 6 heteroatoms. The SMILES string of the molecule is CCOc1ccc2c(c1)O/C(=C\c1cccc(OC(=O)c3ccc(OC)cc3)c1)C2=O. The molecule has 0 bridgehead atoms. The highest BCUT2D eigenvalue weighted by Gasteiger charge is 2.27. The largest absolute Gasteiger partial charge is 0.497 e. The second kappa shape index (κ2) is 8.75. The summed E-state index contributed by atoms with van der Waals surface area (Å²) in [6.07, 6.45) is 1.62. The molecule has 1 heterocycles. The van der Waals surface area contributed by atoms with Gasteiger partial charge in [-0.15, -0.1) is 0 Å². The number of Topliss-reactive ketones (excluding diaryl/α,β-unsaturated/α-hetero) is 1. The number of fused-ring (bicyclic) bond motifs is 1. The molecule has 0 saturated carbocycles. The van der Waals surface area contributed by atoms with Crippen LogP contribution in [0.15, 0.2) is 72.5 Å². The Kier molecular flexibility index (Phi) is 5.71. The van der Waals surface area contributed by atoms with Crippen molar-refractivity contribution in [1.82, 2.24) is 0 Å². The van der Waals surface area contributed by atoms with E-state index < -0.39 is 5.97 Å². The maximum Gasteiger partial charge on any atom is 0.343 e. The monoisotopic (exact) mass is 416 g/mol. The molecule has 0 radical (unpaired) electrons. The fourth-order valence-corrected chi connectivity index (χ4v) is 3.14. The number of benzene rings is 3. The van der Waals surface area contributed by atoms with Gasteiger partial charge in [0.25, 0.3) is 0 Å². The first-order chi connectivity index (χ1) is 15.1. The van der Waals surface area contributed by atoms with E-state index in [-0.39, 0.29) is 11.5 Å². The maximum absolute atomic E-state index is 12.6. The number of carbonyl (C=O) groups excluding carboxylic acids is 2. The predicted molar refractivity (Wildman–Crippen MR) is 115 cm³/mol. The van der Waals surface area contributed by atoms with E-state index in [1.54, 1.807) is 79.9 Å². The molecule has 0 aliphatic carbocycles. The lowest BCUT2D eigenvalue weighted by Gasteiger charge is -2.06. The standard InChI is InChI=1S/C25H20O6/c1-3-29-19-11-12-21-22(15-19)31-23(24(21)26)14-16-5-4-6-20(13-16)30-25(27)17-7-9-18(28-2)10-8-17/h4-15H,3H2,1-2H3/b23-14-. The molecule has 1 aliphatic heterocycles. The molecule has 1 aliphatic rings. The second-order valence-electron chi connectivity index (χ2n) is 6.72. The second-order valence-corrected chi connectivity index (χ2v) is 6.72. The summed E-state index contributed by atoms with van der Waals surface area (Å²) < 4.78 is 21.7. The fraction of sp³-hybridized carbons (Fsp3) is 0.120. The van der Waals surface area contributed by atoms with Gasteiger partial charge in [-0.2, -0.15) is 0 Å². The molecule has 156 valence electrons. The number of rotatable bonds is 6. The van der Waals surface area contributed by atoms with Crippen molar-refractivity contribution in [2.45, 2.75) is 6.92 Å².